The van der Waals surface area contributed by atoms with Crippen LogP contribution < -0.4 is 0 Å². The van der Waals surface area contributed by atoms with E-state index in [0.717, 1.165) is 11.1 Å². The van der Waals surface area contributed by atoms with Gasteiger partial charge in [0.1, 0.15) is 6.61 Å². The first kappa shape index (κ1) is 10.8. The molecule has 0 bridgehead atoms. The number of benzene rings is 1. The highest BCUT2D eigenvalue weighted by Gasteiger charge is 2.21. The molecule has 0 amide bonds. The summed E-state index contributed by atoms with van der Waals surface area (Å²) in [7, 11) is 0. The number of Topliss-reactive ketones (excluding diaryl/α,β-unsaturated/α-hetero) is 1. The number of ketones is 1. The van der Waals surface area contributed by atoms with Gasteiger partial charge < -0.3 is 4.74 Å². The second kappa shape index (κ2) is 4.90. The number of halogens is 1. The van der Waals surface area contributed by atoms with Crippen LogP contribution in [0.5, 0.6) is 0 Å². The molecule has 1 fully saturated rings. The van der Waals surface area contributed by atoms with Crippen molar-refractivity contribution in [2.45, 2.75) is 12.8 Å². The molecule has 1 aromatic carbocycles. The Hall–Kier alpha value is -0.670. The molecule has 80 valence electrons. The average molecular weight is 269 g/mol. The first-order valence-corrected chi connectivity index (χ1v) is 5.92. The maximum Gasteiger partial charge on any atom is 0.189 e. The molecular weight excluding hydrogens is 256 g/mol. The minimum Gasteiger partial charge on any atom is -0.373 e. The van der Waals surface area contributed by atoms with Gasteiger partial charge in [-0.15, -0.1) is 0 Å². The van der Waals surface area contributed by atoms with Crippen LogP contribution in [-0.2, 0) is 4.74 Å². The summed E-state index contributed by atoms with van der Waals surface area (Å²) in [6.07, 6.45) is 2.51. The number of ether oxygens (including phenoxy) is 1. The maximum absolute atomic E-state index is 11.7. The monoisotopic (exact) mass is 268 g/mol. The summed E-state index contributed by atoms with van der Waals surface area (Å²) in [5.41, 5.74) is 0.702. The first-order chi connectivity index (χ1) is 7.27. The van der Waals surface area contributed by atoms with Crippen molar-refractivity contribution in [3.05, 3.63) is 34.3 Å². The van der Waals surface area contributed by atoms with Gasteiger partial charge in [-0.3, -0.25) is 4.79 Å². The molecule has 0 unspecified atom stereocenters. The Morgan fingerprint density at radius 1 is 1.40 bits per heavy atom. The zero-order chi connectivity index (χ0) is 10.7. The zero-order valence-corrected chi connectivity index (χ0v) is 10.00. The highest BCUT2D eigenvalue weighted by molar-refractivity contribution is 9.10. The minimum atomic E-state index is 0.0446. The normalized spacial score (nSPS) is 15.3. The molecule has 2 rings (SSSR count). The fourth-order valence-electron chi connectivity index (χ4n) is 1.37. The van der Waals surface area contributed by atoms with Crippen molar-refractivity contribution in [2.75, 3.05) is 13.2 Å². The number of hydrogen-bond acceptors (Lipinski definition) is 2. The summed E-state index contributed by atoms with van der Waals surface area (Å²) in [6.45, 7) is 0.926. The zero-order valence-electron chi connectivity index (χ0n) is 8.41. The first-order valence-electron chi connectivity index (χ1n) is 5.13. The highest BCUT2D eigenvalue weighted by Crippen LogP contribution is 2.28. The van der Waals surface area contributed by atoms with Gasteiger partial charge in [-0.1, -0.05) is 34.1 Å². The molecule has 0 spiro atoms. The molecule has 0 aromatic heterocycles. The minimum absolute atomic E-state index is 0.0446. The predicted molar refractivity (Wildman–Crippen MR) is 62.0 cm³/mol. The van der Waals surface area contributed by atoms with Gasteiger partial charge in [0.05, 0.1) is 6.61 Å². The van der Waals surface area contributed by atoms with E-state index in [9.17, 15) is 4.79 Å². The van der Waals surface area contributed by atoms with Crippen molar-refractivity contribution in [2.24, 2.45) is 5.92 Å². The van der Waals surface area contributed by atoms with Gasteiger partial charge in [0.25, 0.3) is 0 Å². The van der Waals surface area contributed by atoms with E-state index in [1.807, 2.05) is 24.3 Å². The molecule has 0 atom stereocenters. The van der Waals surface area contributed by atoms with Gasteiger partial charge >= 0.3 is 0 Å². The molecule has 1 aromatic rings. The van der Waals surface area contributed by atoms with Crippen molar-refractivity contribution in [3.8, 4) is 0 Å². The van der Waals surface area contributed by atoms with Gasteiger partial charge in [0.2, 0.25) is 0 Å². The SMILES string of the molecule is O=C(COCC1CC1)c1ccccc1Br. The third-order valence-corrected chi connectivity index (χ3v) is 3.15. The Kier molecular flexibility index (Phi) is 3.54. The molecule has 0 saturated heterocycles. The Bertz CT molecular complexity index is 358. The van der Waals surface area contributed by atoms with Gasteiger partial charge in [-0.2, -0.15) is 0 Å². The molecule has 1 aliphatic rings. The lowest BCUT2D eigenvalue weighted by Gasteiger charge is -2.04. The van der Waals surface area contributed by atoms with E-state index in [4.69, 9.17) is 4.74 Å². The number of carbonyl (C=O) groups is 1. The van der Waals surface area contributed by atoms with E-state index in [1.165, 1.54) is 12.8 Å². The predicted octanol–water partition coefficient (Wildman–Crippen LogP) is 3.06. The third kappa shape index (κ3) is 3.14. The van der Waals surface area contributed by atoms with E-state index in [2.05, 4.69) is 15.9 Å². The van der Waals surface area contributed by atoms with Crippen molar-refractivity contribution < 1.29 is 9.53 Å². The van der Waals surface area contributed by atoms with Gasteiger partial charge in [0.15, 0.2) is 5.78 Å². The second-order valence-corrected chi connectivity index (χ2v) is 4.72. The fraction of sp³-hybridized carbons (Fsp3) is 0.417. The van der Waals surface area contributed by atoms with Crippen LogP contribution in [0, 0.1) is 5.92 Å². The average Bonchev–Trinajstić information content (AvgIpc) is 3.02. The number of rotatable bonds is 5. The lowest BCUT2D eigenvalue weighted by atomic mass is 10.1. The Labute approximate surface area is 97.8 Å². The summed E-state index contributed by atoms with van der Waals surface area (Å²) in [5, 5.41) is 0. The summed E-state index contributed by atoms with van der Waals surface area (Å²) in [4.78, 5) is 11.7. The van der Waals surface area contributed by atoms with Crippen molar-refractivity contribution >= 4 is 21.7 Å². The topological polar surface area (TPSA) is 26.3 Å². The lowest BCUT2D eigenvalue weighted by molar-refractivity contribution is 0.0739. The van der Waals surface area contributed by atoms with E-state index < -0.39 is 0 Å². The Morgan fingerprint density at radius 2 is 2.13 bits per heavy atom. The molecule has 15 heavy (non-hydrogen) atoms. The van der Waals surface area contributed by atoms with Crippen molar-refractivity contribution in [1.82, 2.24) is 0 Å². The quantitative estimate of drug-likeness (QED) is 0.768. The molecule has 1 aliphatic carbocycles. The molecular formula is C12H13BrO2. The largest absolute Gasteiger partial charge is 0.373 e. The molecule has 2 nitrogen and oxygen atoms in total. The van der Waals surface area contributed by atoms with Crippen LogP contribution in [0.4, 0.5) is 0 Å². The van der Waals surface area contributed by atoms with Crippen LogP contribution in [0.15, 0.2) is 28.7 Å². The molecule has 3 heteroatoms. The van der Waals surface area contributed by atoms with Crippen LogP contribution in [0.3, 0.4) is 0 Å². The molecule has 0 radical (unpaired) electrons. The Morgan fingerprint density at radius 3 is 2.80 bits per heavy atom. The van der Waals surface area contributed by atoms with Crippen LogP contribution in [-0.4, -0.2) is 19.0 Å². The fourth-order valence-corrected chi connectivity index (χ4v) is 1.87. The lowest BCUT2D eigenvalue weighted by Crippen LogP contribution is -2.11. The number of hydrogen-bond donors (Lipinski definition) is 0. The standard InChI is InChI=1S/C12H13BrO2/c13-11-4-2-1-3-10(11)12(14)8-15-7-9-5-6-9/h1-4,9H,5-8H2. The summed E-state index contributed by atoms with van der Waals surface area (Å²) >= 11 is 3.35. The van der Waals surface area contributed by atoms with Crippen LogP contribution in [0.25, 0.3) is 0 Å². The molecule has 1 saturated carbocycles. The van der Waals surface area contributed by atoms with Crippen LogP contribution >= 0.6 is 15.9 Å². The van der Waals surface area contributed by atoms with Gasteiger partial charge in [-0.25, -0.2) is 0 Å². The third-order valence-electron chi connectivity index (χ3n) is 2.46. The Balaban J connectivity index is 1.86. The summed E-state index contributed by atoms with van der Waals surface area (Å²) in [5.74, 6) is 0.750. The summed E-state index contributed by atoms with van der Waals surface area (Å²) < 4.78 is 6.20. The van der Waals surface area contributed by atoms with Gasteiger partial charge in [-0.05, 0) is 24.8 Å². The van der Waals surface area contributed by atoms with E-state index in [0.29, 0.717) is 11.5 Å². The molecule has 0 aliphatic heterocycles. The molecule has 0 heterocycles. The van der Waals surface area contributed by atoms with Crippen LogP contribution in [0.2, 0.25) is 0 Å². The highest BCUT2D eigenvalue weighted by atomic mass is 79.9. The number of carbonyl (C=O) groups excluding carboxylic acids is 1. The van der Waals surface area contributed by atoms with Crippen molar-refractivity contribution in [1.29, 1.82) is 0 Å². The smallest absolute Gasteiger partial charge is 0.189 e. The summed E-state index contributed by atoms with van der Waals surface area (Å²) in [6, 6.07) is 7.44. The van der Waals surface area contributed by atoms with Crippen molar-refractivity contribution in [3.63, 3.8) is 0 Å². The van der Waals surface area contributed by atoms with Gasteiger partial charge in [0, 0.05) is 10.0 Å². The maximum atomic E-state index is 11.7. The van der Waals surface area contributed by atoms with E-state index in [-0.39, 0.29) is 12.4 Å². The molecule has 0 N–H and O–H groups in total. The van der Waals surface area contributed by atoms with Crippen LogP contribution in [0.1, 0.15) is 23.2 Å². The second-order valence-electron chi connectivity index (χ2n) is 3.86. The van der Waals surface area contributed by atoms with E-state index >= 15 is 0 Å². The van der Waals surface area contributed by atoms with E-state index in [1.54, 1.807) is 0 Å².